The second kappa shape index (κ2) is 10.4. The Kier molecular flexibility index (Phi) is 7.88. The lowest BCUT2D eigenvalue weighted by molar-refractivity contribution is -0.124. The highest BCUT2D eigenvalue weighted by Gasteiger charge is 2.29. The Bertz CT molecular complexity index is 790. The second-order valence-corrected chi connectivity index (χ2v) is 9.58. The normalized spacial score (nSPS) is 18.9. The molecule has 2 heterocycles. The largest absolute Gasteiger partial charge is 0.462 e. The SMILES string of the molecule is CCOC(=O)c1c(NC(=O)CN2CCCC(CNC(=O)C(C)C)C2)sc2c1CCC2. The number of nitrogens with one attached hydrogen (secondary N) is 2. The number of rotatable bonds is 8. The summed E-state index contributed by atoms with van der Waals surface area (Å²) in [5, 5.41) is 6.60. The first-order valence-corrected chi connectivity index (χ1v) is 11.8. The molecule has 1 aromatic rings. The van der Waals surface area contributed by atoms with E-state index in [0.29, 0.717) is 36.2 Å². The van der Waals surface area contributed by atoms with E-state index in [0.717, 1.165) is 50.8 Å². The highest BCUT2D eigenvalue weighted by Crippen LogP contribution is 2.39. The van der Waals surface area contributed by atoms with Crippen LogP contribution in [0.15, 0.2) is 0 Å². The molecule has 1 unspecified atom stereocenters. The highest BCUT2D eigenvalue weighted by molar-refractivity contribution is 7.17. The summed E-state index contributed by atoms with van der Waals surface area (Å²) in [6.07, 6.45) is 4.94. The minimum atomic E-state index is -0.342. The number of aryl methyl sites for hydroxylation is 1. The Balaban J connectivity index is 1.57. The number of nitrogens with zero attached hydrogens (tertiary/aromatic N) is 1. The monoisotopic (exact) mass is 435 g/mol. The van der Waals surface area contributed by atoms with Gasteiger partial charge in [-0.05, 0) is 57.1 Å². The van der Waals surface area contributed by atoms with E-state index in [4.69, 9.17) is 4.74 Å². The van der Waals surface area contributed by atoms with E-state index in [1.807, 2.05) is 13.8 Å². The number of hydrogen-bond acceptors (Lipinski definition) is 6. The van der Waals surface area contributed by atoms with Gasteiger partial charge in [0.2, 0.25) is 11.8 Å². The molecule has 1 aliphatic heterocycles. The summed E-state index contributed by atoms with van der Waals surface area (Å²) in [6, 6.07) is 0. The van der Waals surface area contributed by atoms with E-state index in [1.165, 1.54) is 16.2 Å². The predicted molar refractivity (Wildman–Crippen MR) is 118 cm³/mol. The van der Waals surface area contributed by atoms with Gasteiger partial charge in [-0.2, -0.15) is 0 Å². The average molecular weight is 436 g/mol. The van der Waals surface area contributed by atoms with Crippen LogP contribution in [-0.4, -0.2) is 55.5 Å². The molecule has 1 fully saturated rings. The highest BCUT2D eigenvalue weighted by atomic mass is 32.1. The Labute approximate surface area is 182 Å². The fourth-order valence-electron chi connectivity index (χ4n) is 4.19. The number of carbonyl (C=O) groups excluding carboxylic acids is 3. The zero-order valence-electron chi connectivity index (χ0n) is 18.2. The Morgan fingerprint density at radius 2 is 2.03 bits per heavy atom. The third-order valence-electron chi connectivity index (χ3n) is 5.71. The molecular formula is C22H33N3O4S. The van der Waals surface area contributed by atoms with Crippen molar-refractivity contribution in [1.29, 1.82) is 0 Å². The van der Waals surface area contributed by atoms with Crippen LogP contribution >= 0.6 is 11.3 Å². The third kappa shape index (κ3) is 5.60. The predicted octanol–water partition coefficient (Wildman–Crippen LogP) is 2.84. The van der Waals surface area contributed by atoms with Crippen molar-refractivity contribution in [3.8, 4) is 0 Å². The van der Waals surface area contributed by atoms with Crippen LogP contribution < -0.4 is 10.6 Å². The number of amides is 2. The zero-order valence-corrected chi connectivity index (χ0v) is 19.0. The van der Waals surface area contributed by atoms with E-state index in [2.05, 4.69) is 15.5 Å². The summed E-state index contributed by atoms with van der Waals surface area (Å²) in [7, 11) is 0. The fourth-order valence-corrected chi connectivity index (χ4v) is 5.48. The molecule has 7 nitrogen and oxygen atoms in total. The lowest BCUT2D eigenvalue weighted by atomic mass is 9.97. The van der Waals surface area contributed by atoms with Crippen molar-refractivity contribution >= 4 is 34.1 Å². The van der Waals surface area contributed by atoms with Gasteiger partial charge in [0, 0.05) is 23.9 Å². The number of hydrogen-bond donors (Lipinski definition) is 2. The molecular weight excluding hydrogens is 402 g/mol. The molecule has 1 aliphatic carbocycles. The van der Waals surface area contributed by atoms with Crippen molar-refractivity contribution < 1.29 is 19.1 Å². The molecule has 2 aliphatic rings. The van der Waals surface area contributed by atoms with E-state index in [-0.39, 0.29) is 23.7 Å². The van der Waals surface area contributed by atoms with Gasteiger partial charge in [-0.15, -0.1) is 11.3 Å². The Morgan fingerprint density at radius 1 is 1.23 bits per heavy atom. The van der Waals surface area contributed by atoms with Gasteiger partial charge < -0.3 is 15.4 Å². The lowest BCUT2D eigenvalue weighted by Crippen LogP contribution is -2.44. The number of anilines is 1. The molecule has 0 aromatic carbocycles. The molecule has 3 rings (SSSR count). The average Bonchev–Trinajstić information content (AvgIpc) is 3.27. The molecule has 0 spiro atoms. The van der Waals surface area contributed by atoms with Crippen molar-refractivity contribution in [3.05, 3.63) is 16.0 Å². The number of carbonyl (C=O) groups is 3. The summed E-state index contributed by atoms with van der Waals surface area (Å²) in [5.74, 6) is -0.0352. The molecule has 2 amide bonds. The van der Waals surface area contributed by atoms with Gasteiger partial charge >= 0.3 is 5.97 Å². The molecule has 0 saturated carbocycles. The van der Waals surface area contributed by atoms with Gasteiger partial charge in [-0.1, -0.05) is 13.8 Å². The van der Waals surface area contributed by atoms with Gasteiger partial charge in [0.05, 0.1) is 18.7 Å². The molecule has 0 radical (unpaired) electrons. The Morgan fingerprint density at radius 3 is 2.77 bits per heavy atom. The maximum absolute atomic E-state index is 12.7. The molecule has 30 heavy (non-hydrogen) atoms. The van der Waals surface area contributed by atoms with Crippen LogP contribution in [-0.2, 0) is 27.2 Å². The zero-order chi connectivity index (χ0) is 21.7. The summed E-state index contributed by atoms with van der Waals surface area (Å²) < 4.78 is 5.23. The van der Waals surface area contributed by atoms with E-state index < -0.39 is 0 Å². The van der Waals surface area contributed by atoms with E-state index in [1.54, 1.807) is 6.92 Å². The first-order valence-electron chi connectivity index (χ1n) is 11.0. The fraction of sp³-hybridized carbons (Fsp3) is 0.682. The van der Waals surface area contributed by atoms with Crippen molar-refractivity contribution in [1.82, 2.24) is 10.2 Å². The molecule has 166 valence electrons. The third-order valence-corrected chi connectivity index (χ3v) is 6.92. The van der Waals surface area contributed by atoms with Crippen LogP contribution in [0.1, 0.15) is 60.8 Å². The summed E-state index contributed by atoms with van der Waals surface area (Å²) >= 11 is 1.51. The van der Waals surface area contributed by atoms with Crippen molar-refractivity contribution in [2.45, 2.75) is 52.9 Å². The standard InChI is InChI=1S/C22H33N3O4S/c1-4-29-22(28)19-16-8-5-9-17(16)30-21(19)24-18(26)13-25-10-6-7-15(12-25)11-23-20(27)14(2)3/h14-15H,4-13H2,1-3H3,(H,23,27)(H,24,26). The van der Waals surface area contributed by atoms with Gasteiger partial charge in [0.15, 0.2) is 0 Å². The lowest BCUT2D eigenvalue weighted by Gasteiger charge is -2.32. The molecule has 2 N–H and O–H groups in total. The summed E-state index contributed by atoms with van der Waals surface area (Å²) in [6.45, 7) is 8.48. The molecule has 0 bridgehead atoms. The quantitative estimate of drug-likeness (QED) is 0.613. The first-order chi connectivity index (χ1) is 14.4. The van der Waals surface area contributed by atoms with Gasteiger partial charge in [0.25, 0.3) is 0 Å². The molecule has 1 atom stereocenters. The van der Waals surface area contributed by atoms with Gasteiger partial charge in [0.1, 0.15) is 5.00 Å². The van der Waals surface area contributed by atoms with Gasteiger partial charge in [-0.3, -0.25) is 14.5 Å². The van der Waals surface area contributed by atoms with Crippen LogP contribution in [0.5, 0.6) is 0 Å². The van der Waals surface area contributed by atoms with Gasteiger partial charge in [-0.25, -0.2) is 4.79 Å². The molecule has 1 saturated heterocycles. The second-order valence-electron chi connectivity index (χ2n) is 8.47. The number of piperidine rings is 1. The minimum Gasteiger partial charge on any atom is -0.462 e. The van der Waals surface area contributed by atoms with Crippen LogP contribution in [0.4, 0.5) is 5.00 Å². The minimum absolute atomic E-state index is 0.0171. The van der Waals surface area contributed by atoms with Crippen molar-refractivity contribution in [2.75, 3.05) is 38.1 Å². The number of likely N-dealkylation sites (tertiary alicyclic amines) is 1. The van der Waals surface area contributed by atoms with Crippen LogP contribution in [0.2, 0.25) is 0 Å². The number of fused-ring (bicyclic) bond motifs is 1. The summed E-state index contributed by atoms with van der Waals surface area (Å²) in [5.41, 5.74) is 1.60. The smallest absolute Gasteiger partial charge is 0.341 e. The molecule has 1 aromatic heterocycles. The number of ether oxygens (including phenoxy) is 1. The number of thiophene rings is 1. The maximum Gasteiger partial charge on any atom is 0.341 e. The topological polar surface area (TPSA) is 87.7 Å². The Hall–Kier alpha value is -1.93. The first kappa shape index (κ1) is 22.7. The maximum atomic E-state index is 12.7. The van der Waals surface area contributed by atoms with Crippen molar-refractivity contribution in [2.24, 2.45) is 11.8 Å². The van der Waals surface area contributed by atoms with Crippen LogP contribution in [0.25, 0.3) is 0 Å². The van der Waals surface area contributed by atoms with E-state index in [9.17, 15) is 14.4 Å². The van der Waals surface area contributed by atoms with E-state index >= 15 is 0 Å². The van der Waals surface area contributed by atoms with Crippen molar-refractivity contribution in [3.63, 3.8) is 0 Å². The van der Waals surface area contributed by atoms with Crippen LogP contribution in [0, 0.1) is 11.8 Å². The van der Waals surface area contributed by atoms with Crippen LogP contribution in [0.3, 0.4) is 0 Å². The summed E-state index contributed by atoms with van der Waals surface area (Å²) in [4.78, 5) is 40.3. The molecule has 8 heteroatoms. The number of esters is 1.